The molecule has 0 amide bonds. The number of hydrogen-bond acceptors (Lipinski definition) is 3. The summed E-state index contributed by atoms with van der Waals surface area (Å²) in [5, 5.41) is 0. The molecule has 0 heterocycles. The molecule has 7 heteroatoms. The predicted octanol–water partition coefficient (Wildman–Crippen LogP) is 3.11. The highest BCUT2D eigenvalue weighted by Crippen LogP contribution is 2.36. The van der Waals surface area contributed by atoms with Gasteiger partial charge in [0.05, 0.1) is 0 Å². The van der Waals surface area contributed by atoms with Crippen LogP contribution in [0, 0.1) is 5.41 Å². The lowest BCUT2D eigenvalue weighted by Gasteiger charge is -2.26. The van der Waals surface area contributed by atoms with Gasteiger partial charge in [-0.1, -0.05) is 25.5 Å². The fourth-order valence-electron chi connectivity index (χ4n) is 1.70. The minimum Gasteiger partial charge on any atom is -0.381 e. The summed E-state index contributed by atoms with van der Waals surface area (Å²) in [5.41, 5.74) is -5.14. The van der Waals surface area contributed by atoms with E-state index in [0.29, 0.717) is 5.57 Å². The van der Waals surface area contributed by atoms with Gasteiger partial charge in [-0.25, -0.2) is 0 Å². The summed E-state index contributed by atoms with van der Waals surface area (Å²) < 4.78 is 62.1. The Bertz CT molecular complexity index is 470. The molecule has 0 aromatic rings. The van der Waals surface area contributed by atoms with Gasteiger partial charge < -0.3 is 4.18 Å². The van der Waals surface area contributed by atoms with E-state index in [1.165, 1.54) is 6.08 Å². The third-order valence-corrected chi connectivity index (χ3v) is 3.14. The van der Waals surface area contributed by atoms with E-state index in [1.54, 1.807) is 20.8 Å². The number of halogens is 3. The summed E-state index contributed by atoms with van der Waals surface area (Å²) in [6.45, 7) is 5.24. The maximum absolute atomic E-state index is 12.1. The monoisotopic (exact) mass is 270 g/mol. The fraction of sp³-hybridized carbons (Fsp3) is 0.600. The molecule has 0 spiro atoms. The SMILES string of the molecule is CC1=CC(C)(C)CC(OS(=O)(=O)C(F)(F)F)=C1. The standard InChI is InChI=1S/C10H13F3O3S/c1-7-4-8(6-9(2,3)5-7)16-17(14,15)10(11,12)13/h4-5H,6H2,1-3H3. The first-order valence-corrected chi connectivity index (χ1v) is 6.25. The fourth-order valence-corrected chi connectivity index (χ4v) is 2.19. The van der Waals surface area contributed by atoms with E-state index >= 15 is 0 Å². The van der Waals surface area contributed by atoms with Crippen molar-refractivity contribution in [1.82, 2.24) is 0 Å². The largest absolute Gasteiger partial charge is 0.534 e. The lowest BCUT2D eigenvalue weighted by Crippen LogP contribution is -2.27. The van der Waals surface area contributed by atoms with Crippen LogP contribution in [0.25, 0.3) is 0 Å². The normalized spacial score (nSPS) is 20.6. The molecule has 0 atom stereocenters. The second-order valence-electron chi connectivity index (χ2n) is 4.65. The van der Waals surface area contributed by atoms with E-state index in [-0.39, 0.29) is 12.2 Å². The van der Waals surface area contributed by atoms with Crippen molar-refractivity contribution in [2.24, 2.45) is 5.41 Å². The van der Waals surface area contributed by atoms with Crippen molar-refractivity contribution in [2.75, 3.05) is 0 Å². The molecule has 0 N–H and O–H groups in total. The highest BCUT2D eigenvalue weighted by molar-refractivity contribution is 7.87. The zero-order valence-corrected chi connectivity index (χ0v) is 10.4. The molecular weight excluding hydrogens is 257 g/mol. The zero-order chi connectivity index (χ0) is 13.5. The van der Waals surface area contributed by atoms with Crippen LogP contribution in [-0.2, 0) is 14.3 Å². The van der Waals surface area contributed by atoms with Gasteiger partial charge in [0, 0.05) is 6.42 Å². The minimum atomic E-state index is -5.57. The molecule has 1 aliphatic carbocycles. The number of rotatable bonds is 2. The molecule has 98 valence electrons. The van der Waals surface area contributed by atoms with Crippen molar-refractivity contribution in [3.63, 3.8) is 0 Å². The highest BCUT2D eigenvalue weighted by Gasteiger charge is 2.49. The van der Waals surface area contributed by atoms with Crippen LogP contribution in [0.5, 0.6) is 0 Å². The molecule has 0 aromatic carbocycles. The summed E-state index contributed by atoms with van der Waals surface area (Å²) in [5.74, 6) is -0.188. The van der Waals surface area contributed by atoms with Crippen LogP contribution in [0.15, 0.2) is 23.5 Å². The molecule has 0 aromatic heterocycles. The van der Waals surface area contributed by atoms with Gasteiger partial charge in [0.15, 0.2) is 0 Å². The van der Waals surface area contributed by atoms with Gasteiger partial charge in [-0.05, 0) is 18.4 Å². The van der Waals surface area contributed by atoms with E-state index < -0.39 is 21.0 Å². The maximum atomic E-state index is 12.1. The van der Waals surface area contributed by atoms with Crippen molar-refractivity contribution in [3.05, 3.63) is 23.5 Å². The van der Waals surface area contributed by atoms with Gasteiger partial charge in [0.1, 0.15) is 5.76 Å². The second-order valence-corrected chi connectivity index (χ2v) is 6.19. The molecule has 3 nitrogen and oxygen atoms in total. The van der Waals surface area contributed by atoms with Crippen LogP contribution < -0.4 is 0 Å². The molecule has 0 fully saturated rings. The van der Waals surface area contributed by atoms with Crippen LogP contribution in [-0.4, -0.2) is 13.9 Å². The Kier molecular flexibility index (Phi) is 3.35. The Balaban J connectivity index is 2.96. The second kappa shape index (κ2) is 4.04. The summed E-state index contributed by atoms with van der Waals surface area (Å²) >= 11 is 0. The van der Waals surface area contributed by atoms with Gasteiger partial charge in [0.25, 0.3) is 0 Å². The van der Waals surface area contributed by atoms with Crippen molar-refractivity contribution in [1.29, 1.82) is 0 Å². The Labute approximate surface area is 98.1 Å². The van der Waals surface area contributed by atoms with Gasteiger partial charge >= 0.3 is 15.6 Å². The van der Waals surface area contributed by atoms with Gasteiger partial charge in [-0.15, -0.1) is 0 Å². The molecular formula is C10H13F3O3S. The lowest BCUT2D eigenvalue weighted by atomic mass is 9.83. The average Bonchev–Trinajstić information content (AvgIpc) is 1.94. The van der Waals surface area contributed by atoms with Gasteiger partial charge in [0.2, 0.25) is 0 Å². The van der Waals surface area contributed by atoms with Crippen molar-refractivity contribution >= 4 is 10.1 Å². The Morgan fingerprint density at radius 1 is 1.35 bits per heavy atom. The molecule has 0 radical (unpaired) electrons. The maximum Gasteiger partial charge on any atom is 0.534 e. The average molecular weight is 270 g/mol. The summed E-state index contributed by atoms with van der Waals surface area (Å²) in [4.78, 5) is 0. The van der Waals surface area contributed by atoms with E-state index in [9.17, 15) is 21.6 Å². The van der Waals surface area contributed by atoms with E-state index in [1.807, 2.05) is 6.08 Å². The molecule has 17 heavy (non-hydrogen) atoms. The molecule has 0 saturated carbocycles. The van der Waals surface area contributed by atoms with E-state index in [4.69, 9.17) is 0 Å². The Morgan fingerprint density at radius 3 is 2.29 bits per heavy atom. The summed E-state index contributed by atoms with van der Waals surface area (Å²) in [6, 6.07) is 0. The summed E-state index contributed by atoms with van der Waals surface area (Å²) in [7, 11) is -5.57. The van der Waals surface area contributed by atoms with Crippen LogP contribution in [0.3, 0.4) is 0 Å². The third-order valence-electron chi connectivity index (χ3n) is 2.14. The smallest absolute Gasteiger partial charge is 0.381 e. The first-order chi connectivity index (χ1) is 7.43. The van der Waals surface area contributed by atoms with Crippen molar-refractivity contribution < 1.29 is 25.8 Å². The zero-order valence-electron chi connectivity index (χ0n) is 9.63. The minimum absolute atomic E-state index is 0.111. The topological polar surface area (TPSA) is 43.4 Å². The van der Waals surface area contributed by atoms with Crippen LogP contribution >= 0.6 is 0 Å². The predicted molar refractivity (Wildman–Crippen MR) is 56.3 cm³/mol. The van der Waals surface area contributed by atoms with Crippen LogP contribution in [0.1, 0.15) is 27.2 Å². The third kappa shape index (κ3) is 3.49. The first-order valence-electron chi connectivity index (χ1n) is 4.84. The van der Waals surface area contributed by atoms with Crippen molar-refractivity contribution in [2.45, 2.75) is 32.7 Å². The first kappa shape index (κ1) is 14.1. The summed E-state index contributed by atoms with van der Waals surface area (Å²) in [6.07, 6.45) is 3.26. The molecule has 0 saturated heterocycles. The van der Waals surface area contributed by atoms with E-state index in [0.717, 1.165) is 0 Å². The Morgan fingerprint density at radius 2 is 1.88 bits per heavy atom. The molecule has 0 bridgehead atoms. The number of hydrogen-bond donors (Lipinski definition) is 0. The van der Waals surface area contributed by atoms with Crippen molar-refractivity contribution in [3.8, 4) is 0 Å². The van der Waals surface area contributed by atoms with Crippen LogP contribution in [0.2, 0.25) is 0 Å². The quantitative estimate of drug-likeness (QED) is 0.572. The molecule has 1 rings (SSSR count). The molecule has 1 aliphatic rings. The number of alkyl halides is 3. The molecule has 0 aliphatic heterocycles. The molecule has 0 unspecified atom stereocenters. The number of allylic oxidation sites excluding steroid dienone is 4. The Hall–Kier alpha value is -0.980. The van der Waals surface area contributed by atoms with Gasteiger partial charge in [-0.2, -0.15) is 21.6 Å². The van der Waals surface area contributed by atoms with Gasteiger partial charge in [-0.3, -0.25) is 0 Å². The highest BCUT2D eigenvalue weighted by atomic mass is 32.2. The van der Waals surface area contributed by atoms with E-state index in [2.05, 4.69) is 4.18 Å². The van der Waals surface area contributed by atoms with Crippen LogP contribution in [0.4, 0.5) is 13.2 Å². The lowest BCUT2D eigenvalue weighted by molar-refractivity contribution is -0.0525.